The highest BCUT2D eigenvalue weighted by atomic mass is 32.2. The van der Waals surface area contributed by atoms with E-state index >= 15 is 0 Å². The van der Waals surface area contributed by atoms with E-state index in [1.165, 1.54) is 0 Å². The Balaban J connectivity index is 2.87. The molecule has 1 N–H and O–H groups in total. The third-order valence-electron chi connectivity index (χ3n) is 2.78. The van der Waals surface area contributed by atoms with Crippen molar-refractivity contribution in [1.82, 2.24) is 0 Å². The summed E-state index contributed by atoms with van der Waals surface area (Å²) in [5.41, 5.74) is 1.95. The van der Waals surface area contributed by atoms with Crippen molar-refractivity contribution < 1.29 is 9.90 Å². The molecule has 1 aromatic rings. The largest absolute Gasteiger partial charge is 0.480 e. The van der Waals surface area contributed by atoms with E-state index < -0.39 is 12.0 Å². The molecule has 0 radical (unpaired) electrons. The second-order valence-electron chi connectivity index (χ2n) is 3.80. The predicted octanol–water partition coefficient (Wildman–Crippen LogP) is 2.93. The molecule has 0 fully saturated rings. The van der Waals surface area contributed by atoms with E-state index in [1.807, 2.05) is 30.5 Å². The molecule has 0 aliphatic carbocycles. The number of aliphatic carboxylic acids is 1. The van der Waals surface area contributed by atoms with Crippen molar-refractivity contribution in [3.63, 3.8) is 0 Å². The third-order valence-corrected chi connectivity index (χ3v) is 3.51. The summed E-state index contributed by atoms with van der Waals surface area (Å²) in [4.78, 5) is 13.6. The number of rotatable bonds is 5. The number of anilines is 1. The zero-order chi connectivity index (χ0) is 13.0. The fourth-order valence-electron chi connectivity index (χ4n) is 1.39. The van der Waals surface area contributed by atoms with Gasteiger partial charge in [0.15, 0.2) is 0 Å². The zero-order valence-electron chi connectivity index (χ0n) is 10.3. The maximum Gasteiger partial charge on any atom is 0.326 e. The highest BCUT2D eigenvalue weighted by Gasteiger charge is 2.16. The van der Waals surface area contributed by atoms with Gasteiger partial charge in [0, 0.05) is 17.6 Å². The van der Waals surface area contributed by atoms with Crippen LogP contribution in [0.2, 0.25) is 0 Å². The van der Waals surface area contributed by atoms with E-state index in [1.54, 1.807) is 30.6 Å². The van der Waals surface area contributed by atoms with Gasteiger partial charge in [0.05, 0.1) is 0 Å². The number of hydrogen-bond acceptors (Lipinski definition) is 3. The quantitative estimate of drug-likeness (QED) is 0.873. The van der Waals surface area contributed by atoms with Crippen LogP contribution in [-0.2, 0) is 4.79 Å². The summed E-state index contributed by atoms with van der Waals surface area (Å²) in [7, 11) is 1.77. The molecule has 0 saturated carbocycles. The van der Waals surface area contributed by atoms with Crippen LogP contribution in [0, 0.1) is 0 Å². The van der Waals surface area contributed by atoms with Gasteiger partial charge in [0.1, 0.15) is 6.04 Å². The van der Waals surface area contributed by atoms with Crippen LogP contribution in [0.5, 0.6) is 0 Å². The summed E-state index contributed by atoms with van der Waals surface area (Å²) in [5, 5.41) is 8.94. The lowest BCUT2D eigenvalue weighted by molar-refractivity contribution is -0.138. The van der Waals surface area contributed by atoms with Gasteiger partial charge in [-0.3, -0.25) is 0 Å². The smallest absolute Gasteiger partial charge is 0.326 e. The number of carbonyl (C=O) groups is 1. The Hall–Kier alpha value is -1.42. The van der Waals surface area contributed by atoms with Gasteiger partial charge in [-0.15, -0.1) is 11.8 Å². The molecule has 0 heterocycles. The van der Waals surface area contributed by atoms with Gasteiger partial charge in [0.2, 0.25) is 0 Å². The van der Waals surface area contributed by atoms with Gasteiger partial charge in [-0.25, -0.2) is 4.79 Å². The van der Waals surface area contributed by atoms with Crippen molar-refractivity contribution in [2.75, 3.05) is 18.2 Å². The molecule has 0 bridgehead atoms. The first-order valence-electron chi connectivity index (χ1n) is 5.26. The van der Waals surface area contributed by atoms with Crippen molar-refractivity contribution >= 4 is 28.3 Å². The minimum Gasteiger partial charge on any atom is -0.480 e. The number of thioether (sulfide) groups is 1. The van der Waals surface area contributed by atoms with Gasteiger partial charge < -0.3 is 10.0 Å². The minimum absolute atomic E-state index is 0.537. The number of likely N-dealkylation sites (N-methyl/N-ethyl adjacent to an activating group) is 1. The van der Waals surface area contributed by atoms with Crippen LogP contribution in [0.4, 0.5) is 5.69 Å². The molecular weight excluding hydrogens is 234 g/mol. The molecule has 0 amide bonds. The molecule has 0 aromatic heterocycles. The summed E-state index contributed by atoms with van der Waals surface area (Å²) in [6, 6.07) is 7.20. The predicted molar refractivity (Wildman–Crippen MR) is 74.5 cm³/mol. The monoisotopic (exact) mass is 251 g/mol. The minimum atomic E-state index is -0.829. The number of carboxylic acid groups (broad SMARTS) is 1. The maximum absolute atomic E-state index is 10.9. The lowest BCUT2D eigenvalue weighted by Gasteiger charge is -2.23. The average molecular weight is 251 g/mol. The molecule has 4 heteroatoms. The molecular formula is C13H17NO2S. The van der Waals surface area contributed by atoms with E-state index in [2.05, 4.69) is 6.58 Å². The first kappa shape index (κ1) is 13.6. The second-order valence-corrected chi connectivity index (χ2v) is 4.70. The summed E-state index contributed by atoms with van der Waals surface area (Å²) in [6.07, 6.45) is 1.98. The fraction of sp³-hybridized carbons (Fsp3) is 0.308. The van der Waals surface area contributed by atoms with E-state index in [4.69, 9.17) is 5.11 Å². The van der Waals surface area contributed by atoms with Crippen LogP contribution in [-0.4, -0.2) is 30.4 Å². The van der Waals surface area contributed by atoms with Crippen LogP contribution in [0.1, 0.15) is 12.5 Å². The molecule has 1 aromatic carbocycles. The molecule has 0 spiro atoms. The summed E-state index contributed by atoms with van der Waals surface area (Å²) in [5.74, 6) is -0.829. The number of carboxylic acids is 1. The normalized spacial score (nSPS) is 11.9. The van der Waals surface area contributed by atoms with E-state index in [0.29, 0.717) is 0 Å². The van der Waals surface area contributed by atoms with Crippen molar-refractivity contribution in [1.29, 1.82) is 0 Å². The fourth-order valence-corrected chi connectivity index (χ4v) is 1.76. The van der Waals surface area contributed by atoms with Gasteiger partial charge >= 0.3 is 5.97 Å². The lowest BCUT2D eigenvalue weighted by atomic mass is 10.1. The highest BCUT2D eigenvalue weighted by Crippen LogP contribution is 2.25. The van der Waals surface area contributed by atoms with Crippen molar-refractivity contribution in [2.24, 2.45) is 0 Å². The Kier molecular flexibility index (Phi) is 4.63. The molecule has 1 atom stereocenters. The Morgan fingerprint density at radius 1 is 1.41 bits per heavy atom. The number of nitrogens with zero attached hydrogens (tertiary/aromatic N) is 1. The second kappa shape index (κ2) is 5.77. The SMILES string of the molecule is C=C(SC)c1ccc(N(C)C(C)C(=O)O)cc1. The maximum atomic E-state index is 10.9. The van der Waals surface area contributed by atoms with Crippen molar-refractivity contribution in [3.05, 3.63) is 36.4 Å². The van der Waals surface area contributed by atoms with E-state index in [-0.39, 0.29) is 0 Å². The Bertz CT molecular complexity index is 414. The molecule has 17 heavy (non-hydrogen) atoms. The van der Waals surface area contributed by atoms with E-state index in [0.717, 1.165) is 16.2 Å². The topological polar surface area (TPSA) is 40.5 Å². The average Bonchev–Trinajstić information content (AvgIpc) is 2.36. The number of benzene rings is 1. The van der Waals surface area contributed by atoms with Gasteiger partial charge in [0.25, 0.3) is 0 Å². The summed E-state index contributed by atoms with van der Waals surface area (Å²) in [6.45, 7) is 5.60. The van der Waals surface area contributed by atoms with Crippen molar-refractivity contribution in [3.8, 4) is 0 Å². The van der Waals surface area contributed by atoms with Gasteiger partial charge in [-0.1, -0.05) is 18.7 Å². The molecule has 0 aliphatic rings. The third kappa shape index (κ3) is 3.27. The Morgan fingerprint density at radius 3 is 2.35 bits per heavy atom. The van der Waals surface area contributed by atoms with Crippen LogP contribution < -0.4 is 4.90 Å². The van der Waals surface area contributed by atoms with Crippen LogP contribution >= 0.6 is 11.8 Å². The molecule has 1 unspecified atom stereocenters. The van der Waals surface area contributed by atoms with Gasteiger partial charge in [-0.05, 0) is 30.9 Å². The van der Waals surface area contributed by atoms with Crippen LogP contribution in [0.15, 0.2) is 30.8 Å². The Labute approximate surface area is 106 Å². The summed E-state index contributed by atoms with van der Waals surface area (Å²) >= 11 is 1.60. The van der Waals surface area contributed by atoms with E-state index in [9.17, 15) is 4.79 Å². The molecule has 0 aliphatic heterocycles. The Morgan fingerprint density at radius 2 is 1.94 bits per heavy atom. The van der Waals surface area contributed by atoms with Gasteiger partial charge in [-0.2, -0.15) is 0 Å². The highest BCUT2D eigenvalue weighted by molar-refractivity contribution is 8.07. The molecule has 3 nitrogen and oxygen atoms in total. The zero-order valence-corrected chi connectivity index (χ0v) is 11.1. The van der Waals surface area contributed by atoms with Crippen LogP contribution in [0.3, 0.4) is 0 Å². The standard InChI is InChI=1S/C13H17NO2S/c1-9(13(15)16)14(3)12-7-5-11(6-8-12)10(2)17-4/h5-9H,2H2,1,3-4H3,(H,15,16). The van der Waals surface area contributed by atoms with Crippen molar-refractivity contribution in [2.45, 2.75) is 13.0 Å². The first-order valence-corrected chi connectivity index (χ1v) is 6.48. The lowest BCUT2D eigenvalue weighted by Crippen LogP contribution is -2.35. The number of hydrogen-bond donors (Lipinski definition) is 1. The molecule has 1 rings (SSSR count). The van der Waals surface area contributed by atoms with Crippen LogP contribution in [0.25, 0.3) is 4.91 Å². The molecule has 92 valence electrons. The molecule has 0 saturated heterocycles. The summed E-state index contributed by atoms with van der Waals surface area (Å²) < 4.78 is 0. The first-order chi connectivity index (χ1) is 7.97.